The van der Waals surface area contributed by atoms with E-state index in [4.69, 9.17) is 0 Å². The van der Waals surface area contributed by atoms with E-state index in [0.29, 0.717) is 0 Å². The van der Waals surface area contributed by atoms with Crippen LogP contribution in [0.4, 0.5) is 39.5 Å². The molecule has 0 aromatic rings. The van der Waals surface area contributed by atoms with Crippen molar-refractivity contribution in [2.24, 2.45) is 0 Å². The molecule has 0 rings (SSSR count). The zero-order valence-electron chi connectivity index (χ0n) is 11.2. The molecule has 3 nitrogen and oxygen atoms in total. The van der Waals surface area contributed by atoms with Gasteiger partial charge in [0, 0.05) is 6.04 Å². The molecule has 0 atom stereocenters. The average Bonchev–Trinajstić information content (AvgIpc) is 2.28. The largest absolute Gasteiger partial charge is 0.501 e. The molecule has 0 unspecified atom stereocenters. The SMILES string of the molecule is CCC[Si](OCC(F)(F)F)(OCC(F)(F)F)OCC(F)(F)F. The quantitative estimate of drug-likeness (QED) is 0.478. The van der Waals surface area contributed by atoms with E-state index in [0.717, 1.165) is 0 Å². The van der Waals surface area contributed by atoms with Crippen LogP contribution in [0.15, 0.2) is 0 Å². The van der Waals surface area contributed by atoms with E-state index in [1.54, 1.807) is 0 Å². The van der Waals surface area contributed by atoms with Crippen LogP contribution in [0.3, 0.4) is 0 Å². The minimum absolute atomic E-state index is 0.0835. The van der Waals surface area contributed by atoms with Crippen molar-refractivity contribution in [3.05, 3.63) is 0 Å². The Hall–Kier alpha value is -0.533. The van der Waals surface area contributed by atoms with Gasteiger partial charge in [-0.1, -0.05) is 13.3 Å². The van der Waals surface area contributed by atoms with Crippen molar-refractivity contribution >= 4 is 8.80 Å². The number of hydrogen-bond donors (Lipinski definition) is 0. The van der Waals surface area contributed by atoms with E-state index in [1.807, 2.05) is 0 Å². The molecule has 0 aliphatic carbocycles. The maximum Gasteiger partial charge on any atom is 0.501 e. The molecular formula is C9H13F9O3Si. The summed E-state index contributed by atoms with van der Waals surface area (Å²) in [4.78, 5) is 0. The lowest BCUT2D eigenvalue weighted by atomic mass is 10.6. The van der Waals surface area contributed by atoms with Crippen LogP contribution in [-0.4, -0.2) is 47.2 Å². The van der Waals surface area contributed by atoms with Gasteiger partial charge in [0.2, 0.25) is 0 Å². The van der Waals surface area contributed by atoms with E-state index < -0.39 is 53.2 Å². The van der Waals surface area contributed by atoms with Crippen LogP contribution in [0, 0.1) is 0 Å². The maximum atomic E-state index is 12.1. The Labute approximate surface area is 120 Å². The summed E-state index contributed by atoms with van der Waals surface area (Å²) >= 11 is 0. The summed E-state index contributed by atoms with van der Waals surface area (Å²) in [6.45, 7) is -4.86. The molecule has 0 bridgehead atoms. The standard InChI is InChI=1S/C9H13F9O3Si/c1-2-3-22(19-4-7(10,11)12,20-5-8(13,14)15)21-6-9(16,17)18/h2-6H2,1H3. The molecule has 0 radical (unpaired) electrons. The Kier molecular flexibility index (Phi) is 7.64. The highest BCUT2D eigenvalue weighted by molar-refractivity contribution is 6.60. The molecule has 0 spiro atoms. The third kappa shape index (κ3) is 11.1. The minimum Gasteiger partial charge on any atom is -0.364 e. The van der Waals surface area contributed by atoms with Gasteiger partial charge in [-0.25, -0.2) is 0 Å². The first-order chi connectivity index (χ1) is 9.68. The highest BCUT2D eigenvalue weighted by atomic mass is 28.4. The molecule has 0 saturated heterocycles. The fourth-order valence-corrected chi connectivity index (χ4v) is 3.67. The van der Waals surface area contributed by atoms with Crippen molar-refractivity contribution in [1.29, 1.82) is 0 Å². The Balaban J connectivity index is 5.07. The van der Waals surface area contributed by atoms with Gasteiger partial charge in [-0.2, -0.15) is 39.5 Å². The van der Waals surface area contributed by atoms with E-state index in [2.05, 4.69) is 13.3 Å². The summed E-state index contributed by atoms with van der Waals surface area (Å²) in [5.74, 6) is 0. The molecule has 0 aromatic heterocycles. The first-order valence-corrected chi connectivity index (χ1v) is 7.73. The molecule has 13 heteroatoms. The number of alkyl halides is 9. The zero-order chi connectivity index (χ0) is 17.7. The Morgan fingerprint density at radius 1 is 0.636 bits per heavy atom. The second-order valence-electron chi connectivity index (χ2n) is 4.14. The molecule has 0 aliphatic rings. The van der Waals surface area contributed by atoms with Gasteiger partial charge in [-0.05, 0) is 0 Å². The van der Waals surface area contributed by atoms with Crippen LogP contribution in [0.25, 0.3) is 0 Å². The number of rotatable bonds is 8. The second kappa shape index (κ2) is 7.83. The highest BCUT2D eigenvalue weighted by Crippen LogP contribution is 2.28. The molecule has 0 saturated carbocycles. The van der Waals surface area contributed by atoms with Crippen LogP contribution >= 0.6 is 0 Å². The highest BCUT2D eigenvalue weighted by Gasteiger charge is 2.49. The van der Waals surface area contributed by atoms with E-state index in [9.17, 15) is 39.5 Å². The fourth-order valence-electron chi connectivity index (χ4n) is 1.22. The lowest BCUT2D eigenvalue weighted by molar-refractivity contribution is -0.194. The summed E-state index contributed by atoms with van der Waals surface area (Å²) in [7, 11) is -4.78. The second-order valence-corrected chi connectivity index (χ2v) is 6.88. The van der Waals surface area contributed by atoms with Gasteiger partial charge in [-0.15, -0.1) is 0 Å². The smallest absolute Gasteiger partial charge is 0.364 e. The first kappa shape index (κ1) is 21.5. The van der Waals surface area contributed by atoms with Gasteiger partial charge in [0.15, 0.2) is 0 Å². The van der Waals surface area contributed by atoms with Crippen molar-refractivity contribution < 1.29 is 52.8 Å². The number of halogens is 9. The van der Waals surface area contributed by atoms with Crippen LogP contribution in [-0.2, 0) is 13.3 Å². The fraction of sp³-hybridized carbons (Fsp3) is 1.00. The van der Waals surface area contributed by atoms with Gasteiger partial charge in [-0.3, -0.25) is 0 Å². The van der Waals surface area contributed by atoms with Crippen molar-refractivity contribution in [2.45, 2.75) is 37.9 Å². The Morgan fingerprint density at radius 2 is 0.909 bits per heavy atom. The minimum atomic E-state index is -4.95. The lowest BCUT2D eigenvalue weighted by Gasteiger charge is -2.30. The van der Waals surface area contributed by atoms with Crippen LogP contribution in [0.1, 0.15) is 13.3 Å². The third-order valence-electron chi connectivity index (χ3n) is 1.92. The average molecular weight is 368 g/mol. The van der Waals surface area contributed by atoms with Gasteiger partial charge in [0.25, 0.3) is 0 Å². The maximum absolute atomic E-state index is 12.1. The van der Waals surface area contributed by atoms with Crippen LogP contribution < -0.4 is 0 Å². The summed E-state index contributed by atoms with van der Waals surface area (Å²) in [6, 6.07) is -0.616. The van der Waals surface area contributed by atoms with E-state index in [-0.39, 0.29) is 6.42 Å². The van der Waals surface area contributed by atoms with Gasteiger partial charge < -0.3 is 13.3 Å². The van der Waals surface area contributed by atoms with Crippen molar-refractivity contribution in [3.63, 3.8) is 0 Å². The monoisotopic (exact) mass is 368 g/mol. The normalized spacial score (nSPS) is 14.5. The van der Waals surface area contributed by atoms with Crippen molar-refractivity contribution in [3.8, 4) is 0 Å². The molecule has 0 aromatic carbocycles. The zero-order valence-corrected chi connectivity index (χ0v) is 12.2. The van der Waals surface area contributed by atoms with Crippen molar-refractivity contribution in [1.82, 2.24) is 0 Å². The Morgan fingerprint density at radius 3 is 1.09 bits per heavy atom. The predicted molar refractivity (Wildman–Crippen MR) is 56.9 cm³/mol. The molecule has 134 valence electrons. The summed E-state index contributed by atoms with van der Waals surface area (Å²) in [5, 5.41) is 0. The summed E-state index contributed by atoms with van der Waals surface area (Å²) in [5.41, 5.74) is 0. The summed E-state index contributed by atoms with van der Waals surface area (Å²) < 4.78 is 122. The van der Waals surface area contributed by atoms with Gasteiger partial charge in [0.1, 0.15) is 19.8 Å². The molecule has 22 heavy (non-hydrogen) atoms. The number of hydrogen-bond acceptors (Lipinski definition) is 3. The predicted octanol–water partition coefficient (Wildman–Crippen LogP) is 4.07. The molecule has 0 aliphatic heterocycles. The molecular weight excluding hydrogens is 355 g/mol. The summed E-state index contributed by atoms with van der Waals surface area (Å²) in [6.07, 6.45) is -14.9. The third-order valence-corrected chi connectivity index (χ3v) is 4.79. The van der Waals surface area contributed by atoms with E-state index >= 15 is 0 Å². The molecule has 0 amide bonds. The van der Waals surface area contributed by atoms with Gasteiger partial charge in [0.05, 0.1) is 0 Å². The topological polar surface area (TPSA) is 27.7 Å². The molecule has 0 fully saturated rings. The molecule has 0 N–H and O–H groups in total. The van der Waals surface area contributed by atoms with Gasteiger partial charge >= 0.3 is 27.3 Å². The van der Waals surface area contributed by atoms with Crippen molar-refractivity contribution in [2.75, 3.05) is 19.8 Å². The molecule has 0 heterocycles. The van der Waals surface area contributed by atoms with E-state index in [1.165, 1.54) is 6.92 Å². The first-order valence-electron chi connectivity index (χ1n) is 5.80. The Bertz CT molecular complexity index is 280. The van der Waals surface area contributed by atoms with Crippen LogP contribution in [0.5, 0.6) is 0 Å². The van der Waals surface area contributed by atoms with Crippen LogP contribution in [0.2, 0.25) is 6.04 Å². The lowest BCUT2D eigenvalue weighted by Crippen LogP contribution is -2.50.